The quantitative estimate of drug-likeness (QED) is 0.777. The Bertz CT molecular complexity index is 966. The van der Waals surface area contributed by atoms with E-state index in [0.29, 0.717) is 11.7 Å². The number of anilines is 2. The van der Waals surface area contributed by atoms with Crippen molar-refractivity contribution in [1.29, 1.82) is 5.26 Å². The molecule has 0 unspecified atom stereocenters. The van der Waals surface area contributed by atoms with E-state index < -0.39 is 11.7 Å². The van der Waals surface area contributed by atoms with E-state index in [1.165, 1.54) is 18.6 Å². The number of halogens is 2. The minimum atomic E-state index is -0.643. The molecule has 152 valence electrons. The van der Waals surface area contributed by atoms with Gasteiger partial charge in [-0.15, -0.1) is 0 Å². The Morgan fingerprint density at radius 1 is 1.38 bits per heavy atom. The van der Waals surface area contributed by atoms with Gasteiger partial charge >= 0.3 is 0 Å². The van der Waals surface area contributed by atoms with Crippen LogP contribution in [0, 0.1) is 23.1 Å². The molecule has 1 saturated carbocycles. The fourth-order valence-electron chi connectivity index (χ4n) is 4.17. The Balaban J connectivity index is 1.57. The van der Waals surface area contributed by atoms with Crippen LogP contribution < -0.4 is 11.1 Å². The molecule has 0 bridgehead atoms. The lowest BCUT2D eigenvalue weighted by atomic mass is 9.81. The van der Waals surface area contributed by atoms with Gasteiger partial charge in [0.2, 0.25) is 0 Å². The Hall–Kier alpha value is -2.63. The van der Waals surface area contributed by atoms with Crippen LogP contribution in [0.1, 0.15) is 42.1 Å². The summed E-state index contributed by atoms with van der Waals surface area (Å²) in [6, 6.07) is 6.96. The number of amides is 1. The first-order valence-corrected chi connectivity index (χ1v) is 10.1. The van der Waals surface area contributed by atoms with Crippen LogP contribution in [0.5, 0.6) is 0 Å². The molecule has 2 fully saturated rings. The standard InChI is InChI=1S/C20H22ClFN6O/c21-16-4-2-13(9-17(16)22)25-20-15(19(24)29)11-28(26-20)18-5-3-14(8-12(18)10-23)27-6-1-7-27/h2,4,9,11-12,14,18H,1,3,5-8H2,(H2,24,29)(H,25,26)/t12-,14+,18+/m1/s1. The smallest absolute Gasteiger partial charge is 0.254 e. The lowest BCUT2D eigenvalue weighted by Gasteiger charge is -2.43. The number of hydrogen-bond acceptors (Lipinski definition) is 5. The van der Waals surface area contributed by atoms with Crippen molar-refractivity contribution in [2.45, 2.75) is 37.8 Å². The maximum absolute atomic E-state index is 13.7. The molecular formula is C20H22ClFN6O. The third kappa shape index (κ3) is 3.93. The van der Waals surface area contributed by atoms with E-state index in [2.05, 4.69) is 21.4 Å². The molecular weight excluding hydrogens is 395 g/mol. The van der Waals surface area contributed by atoms with Gasteiger partial charge in [0.05, 0.1) is 23.1 Å². The van der Waals surface area contributed by atoms with Crippen molar-refractivity contribution in [2.24, 2.45) is 11.7 Å². The highest BCUT2D eigenvalue weighted by Gasteiger charge is 2.37. The predicted octanol–water partition coefficient (Wildman–Crippen LogP) is 3.46. The van der Waals surface area contributed by atoms with Gasteiger partial charge in [-0.3, -0.25) is 9.48 Å². The number of primary amides is 1. The van der Waals surface area contributed by atoms with Gasteiger partial charge in [0.15, 0.2) is 5.82 Å². The van der Waals surface area contributed by atoms with Crippen LogP contribution in [0.25, 0.3) is 0 Å². The van der Waals surface area contributed by atoms with E-state index in [9.17, 15) is 14.4 Å². The van der Waals surface area contributed by atoms with Gasteiger partial charge < -0.3 is 16.0 Å². The molecule has 1 saturated heterocycles. The largest absolute Gasteiger partial charge is 0.365 e. The van der Waals surface area contributed by atoms with Crippen LogP contribution >= 0.6 is 11.6 Å². The summed E-state index contributed by atoms with van der Waals surface area (Å²) in [5, 5.41) is 17.2. The summed E-state index contributed by atoms with van der Waals surface area (Å²) >= 11 is 5.72. The van der Waals surface area contributed by atoms with Gasteiger partial charge in [0.1, 0.15) is 11.4 Å². The predicted molar refractivity (Wildman–Crippen MR) is 107 cm³/mol. The van der Waals surface area contributed by atoms with Gasteiger partial charge in [0.25, 0.3) is 5.91 Å². The van der Waals surface area contributed by atoms with Crippen molar-refractivity contribution in [3.63, 3.8) is 0 Å². The number of aromatic nitrogens is 2. The van der Waals surface area contributed by atoms with Crippen LogP contribution in [0.15, 0.2) is 24.4 Å². The zero-order valence-electron chi connectivity index (χ0n) is 15.8. The third-order valence-electron chi connectivity index (χ3n) is 5.88. The highest BCUT2D eigenvalue weighted by atomic mass is 35.5. The molecule has 2 aromatic rings. The van der Waals surface area contributed by atoms with Gasteiger partial charge in [-0.05, 0) is 57.0 Å². The monoisotopic (exact) mass is 416 g/mol. The SMILES string of the molecule is N#C[C@H]1C[C@@H](N2CCC2)CC[C@@H]1n1cc(C(N)=O)c(Nc2ccc(Cl)c(F)c2)n1. The van der Waals surface area contributed by atoms with Crippen LogP contribution in [-0.4, -0.2) is 39.7 Å². The van der Waals surface area contributed by atoms with Gasteiger partial charge in [-0.1, -0.05) is 11.6 Å². The van der Waals surface area contributed by atoms with E-state index in [4.69, 9.17) is 17.3 Å². The van der Waals surface area contributed by atoms with E-state index in [1.807, 2.05) is 0 Å². The molecule has 7 nitrogen and oxygen atoms in total. The molecule has 1 aliphatic carbocycles. The average Bonchev–Trinajstić information content (AvgIpc) is 3.07. The molecule has 1 aromatic carbocycles. The molecule has 3 atom stereocenters. The van der Waals surface area contributed by atoms with Crippen molar-refractivity contribution < 1.29 is 9.18 Å². The number of hydrogen-bond donors (Lipinski definition) is 2. The zero-order chi connectivity index (χ0) is 20.5. The summed E-state index contributed by atoms with van der Waals surface area (Å²) < 4.78 is 15.4. The molecule has 2 aliphatic rings. The highest BCUT2D eigenvalue weighted by Crippen LogP contribution is 2.37. The number of nitrogens with one attached hydrogen (secondary N) is 1. The first-order valence-electron chi connectivity index (χ1n) is 9.71. The summed E-state index contributed by atoms with van der Waals surface area (Å²) in [6.07, 6.45) is 5.38. The Kier molecular flexibility index (Phi) is 5.43. The topological polar surface area (TPSA) is 100.0 Å². The second-order valence-electron chi connectivity index (χ2n) is 7.65. The van der Waals surface area contributed by atoms with E-state index in [1.54, 1.807) is 16.9 Å². The number of carbonyl (C=O) groups is 1. The van der Waals surface area contributed by atoms with Gasteiger partial charge in [-0.2, -0.15) is 10.4 Å². The summed E-state index contributed by atoms with van der Waals surface area (Å²) in [4.78, 5) is 14.4. The van der Waals surface area contributed by atoms with Crippen molar-refractivity contribution in [3.8, 4) is 6.07 Å². The minimum Gasteiger partial charge on any atom is -0.365 e. The van der Waals surface area contributed by atoms with Gasteiger partial charge in [-0.25, -0.2) is 4.39 Å². The first-order chi connectivity index (χ1) is 14.0. The van der Waals surface area contributed by atoms with Gasteiger partial charge in [0, 0.05) is 17.9 Å². The molecule has 0 spiro atoms. The average molecular weight is 417 g/mol. The van der Waals surface area contributed by atoms with Crippen molar-refractivity contribution in [3.05, 3.63) is 40.8 Å². The Morgan fingerprint density at radius 3 is 2.79 bits per heavy atom. The molecule has 2 heterocycles. The lowest BCUT2D eigenvalue weighted by molar-refractivity contribution is 0.0649. The molecule has 29 heavy (non-hydrogen) atoms. The second-order valence-corrected chi connectivity index (χ2v) is 8.06. The number of nitriles is 1. The number of likely N-dealkylation sites (tertiary alicyclic amines) is 1. The molecule has 1 amide bonds. The van der Waals surface area contributed by atoms with Crippen molar-refractivity contribution in [1.82, 2.24) is 14.7 Å². The Morgan fingerprint density at radius 2 is 2.17 bits per heavy atom. The Labute approximate surface area is 173 Å². The molecule has 9 heteroatoms. The maximum Gasteiger partial charge on any atom is 0.254 e. The van der Waals surface area contributed by atoms with Crippen LogP contribution in [0.4, 0.5) is 15.9 Å². The number of rotatable bonds is 5. The van der Waals surface area contributed by atoms with Crippen molar-refractivity contribution in [2.75, 3.05) is 18.4 Å². The fraction of sp³-hybridized carbons (Fsp3) is 0.450. The molecule has 0 radical (unpaired) electrons. The number of benzene rings is 1. The summed E-state index contributed by atoms with van der Waals surface area (Å²) in [6.45, 7) is 2.21. The fourth-order valence-corrected chi connectivity index (χ4v) is 4.29. The second kappa shape index (κ2) is 8.01. The molecule has 3 N–H and O–H groups in total. The van der Waals surface area contributed by atoms with E-state index in [0.717, 1.165) is 32.4 Å². The number of nitrogens with zero attached hydrogens (tertiary/aromatic N) is 4. The normalized spacial score (nSPS) is 24.5. The highest BCUT2D eigenvalue weighted by molar-refractivity contribution is 6.30. The molecule has 1 aromatic heterocycles. The maximum atomic E-state index is 13.7. The van der Waals surface area contributed by atoms with Crippen molar-refractivity contribution >= 4 is 29.0 Å². The van der Waals surface area contributed by atoms with E-state index in [-0.39, 0.29) is 28.4 Å². The van der Waals surface area contributed by atoms with Crippen LogP contribution in [-0.2, 0) is 0 Å². The number of nitrogens with two attached hydrogens (primary N) is 1. The third-order valence-corrected chi connectivity index (χ3v) is 6.19. The molecule has 4 rings (SSSR count). The summed E-state index contributed by atoms with van der Waals surface area (Å²) in [5.41, 5.74) is 6.12. The minimum absolute atomic E-state index is 0.00651. The summed E-state index contributed by atoms with van der Waals surface area (Å²) in [7, 11) is 0. The van der Waals surface area contributed by atoms with Crippen LogP contribution in [0.2, 0.25) is 5.02 Å². The zero-order valence-corrected chi connectivity index (χ0v) is 16.6. The number of carbonyl (C=O) groups excluding carboxylic acids is 1. The van der Waals surface area contributed by atoms with Crippen LogP contribution in [0.3, 0.4) is 0 Å². The van der Waals surface area contributed by atoms with E-state index >= 15 is 0 Å². The lowest BCUT2D eigenvalue weighted by Crippen LogP contribution is -2.48. The first kappa shape index (κ1) is 19.7. The molecule has 1 aliphatic heterocycles. The summed E-state index contributed by atoms with van der Waals surface area (Å²) in [5.74, 6) is -1.18.